The van der Waals surface area contributed by atoms with Crippen LogP contribution in [0.2, 0.25) is 5.02 Å². The van der Waals surface area contributed by atoms with Crippen LogP contribution in [0, 0.1) is 16.7 Å². The molecule has 2 atom stereocenters. The number of aromatic nitrogens is 1. The summed E-state index contributed by atoms with van der Waals surface area (Å²) in [6.45, 7) is 8.33. The second-order valence-electron chi connectivity index (χ2n) is 9.60. The summed E-state index contributed by atoms with van der Waals surface area (Å²) in [6, 6.07) is 11.3. The highest BCUT2D eigenvalue weighted by Gasteiger charge is 2.61. The van der Waals surface area contributed by atoms with Gasteiger partial charge in [0.05, 0.1) is 15.8 Å². The van der Waals surface area contributed by atoms with E-state index in [0.717, 1.165) is 40.6 Å². The number of hydrogen-bond acceptors (Lipinski definition) is 5. The molecule has 1 N–H and O–H groups in total. The second kappa shape index (κ2) is 7.32. The standard InChI is InChI=1S/C26H26ClNO3S/c1-5-14-6-8-16(31-24-28-19-12-15(27)7-9-20(19)32-24)13-17(14)21-22(29)18-10-11-26(4,23(21)30)25(18,2)3/h6-9,12-13,18,29H,5,10-11H2,1-4H3/t18-,26+/m0/s1. The fourth-order valence-electron chi connectivity index (χ4n) is 5.40. The van der Waals surface area contributed by atoms with Gasteiger partial charge in [0.1, 0.15) is 11.5 Å². The van der Waals surface area contributed by atoms with E-state index in [2.05, 4.69) is 32.7 Å². The van der Waals surface area contributed by atoms with Crippen LogP contribution in [0.5, 0.6) is 10.9 Å². The Balaban J connectivity index is 1.58. The summed E-state index contributed by atoms with van der Waals surface area (Å²) >= 11 is 7.52. The Bertz CT molecular complexity index is 1290. The van der Waals surface area contributed by atoms with E-state index in [1.54, 1.807) is 0 Å². The maximum Gasteiger partial charge on any atom is 0.279 e. The number of aliphatic hydroxyl groups is 1. The van der Waals surface area contributed by atoms with Crippen molar-refractivity contribution in [3.05, 3.63) is 58.3 Å². The molecule has 0 saturated heterocycles. The fourth-order valence-corrected chi connectivity index (χ4v) is 6.38. The number of carbonyl (C=O) groups is 1. The first-order chi connectivity index (χ1) is 15.2. The van der Waals surface area contributed by atoms with Gasteiger partial charge in [0.2, 0.25) is 0 Å². The lowest BCUT2D eigenvalue weighted by Crippen LogP contribution is -2.45. The number of ether oxygens (including phenoxy) is 1. The van der Waals surface area contributed by atoms with Gasteiger partial charge in [-0.1, -0.05) is 56.7 Å². The van der Waals surface area contributed by atoms with Gasteiger partial charge in [-0.2, -0.15) is 0 Å². The third-order valence-corrected chi connectivity index (χ3v) is 8.96. The Morgan fingerprint density at radius 1 is 1.22 bits per heavy atom. The lowest BCUT2D eigenvalue weighted by atomic mass is 9.58. The van der Waals surface area contributed by atoms with Crippen LogP contribution in [-0.4, -0.2) is 15.9 Å². The highest BCUT2D eigenvalue weighted by molar-refractivity contribution is 7.20. The van der Waals surface area contributed by atoms with Crippen LogP contribution >= 0.6 is 22.9 Å². The lowest BCUT2D eigenvalue weighted by molar-refractivity contribution is -0.128. The molecule has 1 heterocycles. The van der Waals surface area contributed by atoms with E-state index in [-0.39, 0.29) is 22.9 Å². The molecular formula is C26H26ClNO3S. The van der Waals surface area contributed by atoms with Crippen molar-refractivity contribution in [3.8, 4) is 10.9 Å². The summed E-state index contributed by atoms with van der Waals surface area (Å²) < 4.78 is 7.08. The summed E-state index contributed by atoms with van der Waals surface area (Å²) in [6.07, 6.45) is 2.38. The molecule has 0 amide bonds. The molecule has 2 aliphatic carbocycles. The summed E-state index contributed by atoms with van der Waals surface area (Å²) in [5, 5.41) is 12.4. The average Bonchev–Trinajstić information content (AvgIpc) is 3.21. The number of fused-ring (bicyclic) bond motifs is 3. The quantitative estimate of drug-likeness (QED) is 0.429. The number of aliphatic hydroxyl groups excluding tert-OH is 1. The van der Waals surface area contributed by atoms with E-state index in [9.17, 15) is 9.90 Å². The van der Waals surface area contributed by atoms with Gasteiger partial charge in [-0.25, -0.2) is 4.98 Å². The van der Waals surface area contributed by atoms with Crippen molar-refractivity contribution in [3.63, 3.8) is 0 Å². The molecule has 6 heteroatoms. The first-order valence-corrected chi connectivity index (χ1v) is 12.2. The SMILES string of the molecule is CCc1ccc(Oc2nc3cc(Cl)ccc3s2)cc1C1=C(O)[C@@H]2CC[C@](C)(C1=O)C2(C)C. The molecule has 2 aliphatic rings. The number of nitrogens with zero attached hydrogens (tertiary/aromatic N) is 1. The molecular weight excluding hydrogens is 442 g/mol. The molecule has 1 aromatic heterocycles. The Morgan fingerprint density at radius 3 is 2.75 bits per heavy atom. The van der Waals surface area contributed by atoms with Gasteiger partial charge in [0, 0.05) is 16.4 Å². The molecule has 5 rings (SSSR count). The normalized spacial score (nSPS) is 24.4. The highest BCUT2D eigenvalue weighted by atomic mass is 35.5. The lowest BCUT2D eigenvalue weighted by Gasteiger charge is -2.45. The number of hydrogen-bond donors (Lipinski definition) is 1. The molecule has 0 spiro atoms. The molecule has 2 bridgehead atoms. The summed E-state index contributed by atoms with van der Waals surface area (Å²) in [4.78, 5) is 18.3. The van der Waals surface area contributed by atoms with Crippen molar-refractivity contribution in [1.82, 2.24) is 4.98 Å². The van der Waals surface area contributed by atoms with Crippen LogP contribution in [0.15, 0.2) is 42.2 Å². The molecule has 2 aromatic carbocycles. The first kappa shape index (κ1) is 21.5. The van der Waals surface area contributed by atoms with Crippen LogP contribution in [0.1, 0.15) is 51.7 Å². The molecule has 166 valence electrons. The topological polar surface area (TPSA) is 59.4 Å². The van der Waals surface area contributed by atoms with Crippen LogP contribution in [-0.2, 0) is 11.2 Å². The predicted octanol–water partition coefficient (Wildman–Crippen LogP) is 7.60. The van der Waals surface area contributed by atoms with E-state index in [1.165, 1.54) is 11.3 Å². The third-order valence-electron chi connectivity index (χ3n) is 7.81. The number of allylic oxidation sites excluding steroid dienone is 2. The van der Waals surface area contributed by atoms with Crippen molar-refractivity contribution in [2.45, 2.75) is 47.0 Å². The minimum Gasteiger partial charge on any atom is -0.511 e. The van der Waals surface area contributed by atoms with Crippen LogP contribution < -0.4 is 4.74 Å². The Hall–Kier alpha value is -2.37. The van der Waals surface area contributed by atoms with E-state index < -0.39 is 5.41 Å². The zero-order chi connectivity index (χ0) is 22.8. The smallest absolute Gasteiger partial charge is 0.279 e. The molecule has 1 fully saturated rings. The number of ketones is 1. The average molecular weight is 468 g/mol. The molecule has 0 aliphatic heterocycles. The maximum atomic E-state index is 13.7. The van der Waals surface area contributed by atoms with Crippen LogP contribution in [0.4, 0.5) is 0 Å². The van der Waals surface area contributed by atoms with Gasteiger partial charge < -0.3 is 9.84 Å². The molecule has 32 heavy (non-hydrogen) atoms. The number of carbonyl (C=O) groups excluding carboxylic acids is 1. The monoisotopic (exact) mass is 467 g/mol. The first-order valence-electron chi connectivity index (χ1n) is 11.0. The molecule has 0 unspecified atom stereocenters. The van der Waals surface area contributed by atoms with Gasteiger partial charge in [0.15, 0.2) is 5.78 Å². The second-order valence-corrected chi connectivity index (χ2v) is 11.0. The molecule has 1 saturated carbocycles. The van der Waals surface area contributed by atoms with Gasteiger partial charge in [-0.3, -0.25) is 4.79 Å². The van der Waals surface area contributed by atoms with Gasteiger partial charge in [-0.05, 0) is 66.1 Å². The third kappa shape index (κ3) is 3.01. The van der Waals surface area contributed by atoms with Gasteiger partial charge in [-0.15, -0.1) is 0 Å². The van der Waals surface area contributed by atoms with Gasteiger partial charge in [0.25, 0.3) is 5.19 Å². The van der Waals surface area contributed by atoms with Crippen molar-refractivity contribution in [2.24, 2.45) is 16.7 Å². The van der Waals surface area contributed by atoms with Crippen LogP contribution in [0.25, 0.3) is 15.8 Å². The number of aryl methyl sites for hydroxylation is 1. The van der Waals surface area contributed by atoms with Crippen molar-refractivity contribution in [2.75, 3.05) is 0 Å². The van der Waals surface area contributed by atoms with E-state index >= 15 is 0 Å². The van der Waals surface area contributed by atoms with E-state index in [4.69, 9.17) is 16.3 Å². The zero-order valence-corrected chi connectivity index (χ0v) is 20.2. The Labute approximate surface area is 196 Å². The molecule has 4 nitrogen and oxygen atoms in total. The van der Waals surface area contributed by atoms with Gasteiger partial charge >= 0.3 is 0 Å². The maximum absolute atomic E-state index is 13.7. The van der Waals surface area contributed by atoms with E-state index in [1.807, 2.05) is 36.4 Å². The number of benzene rings is 2. The van der Waals surface area contributed by atoms with E-state index in [0.29, 0.717) is 21.5 Å². The Kier molecular flexibility index (Phi) is 4.91. The summed E-state index contributed by atoms with van der Waals surface area (Å²) in [5.74, 6) is 0.855. The van der Waals surface area contributed by atoms with Crippen molar-refractivity contribution >= 4 is 44.5 Å². The minimum absolute atomic E-state index is 0.0107. The van der Waals surface area contributed by atoms with Crippen LogP contribution in [0.3, 0.4) is 0 Å². The number of thiazole rings is 1. The molecule has 0 radical (unpaired) electrons. The minimum atomic E-state index is -0.479. The number of halogens is 1. The zero-order valence-electron chi connectivity index (χ0n) is 18.7. The Morgan fingerprint density at radius 2 is 2.00 bits per heavy atom. The summed E-state index contributed by atoms with van der Waals surface area (Å²) in [5.41, 5.74) is 2.30. The summed E-state index contributed by atoms with van der Waals surface area (Å²) in [7, 11) is 0. The highest BCUT2D eigenvalue weighted by Crippen LogP contribution is 2.63. The van der Waals surface area contributed by atoms with Crippen molar-refractivity contribution in [1.29, 1.82) is 0 Å². The largest absolute Gasteiger partial charge is 0.511 e. The van der Waals surface area contributed by atoms with Crippen molar-refractivity contribution < 1.29 is 14.6 Å². The fraction of sp³-hybridized carbons (Fsp3) is 0.385. The molecule has 3 aromatic rings. The number of rotatable bonds is 4. The number of Topliss-reactive ketones (excluding diaryl/α,β-unsaturated/α-hetero) is 1. The predicted molar refractivity (Wildman–Crippen MR) is 130 cm³/mol.